The summed E-state index contributed by atoms with van der Waals surface area (Å²) in [5, 5.41) is 2.89. The lowest BCUT2D eigenvalue weighted by atomic mass is 9.88. The number of ether oxygens (including phenoxy) is 2. The van der Waals surface area contributed by atoms with Crippen molar-refractivity contribution in [2.75, 3.05) is 19.6 Å². The molecule has 1 fully saturated rings. The van der Waals surface area contributed by atoms with Gasteiger partial charge in [0.05, 0.1) is 12.7 Å². The van der Waals surface area contributed by atoms with Crippen molar-refractivity contribution in [3.05, 3.63) is 48.0 Å². The number of hydrogen-bond donors (Lipinski definition) is 2. The van der Waals surface area contributed by atoms with Crippen molar-refractivity contribution < 1.29 is 32.2 Å². The number of pyridine rings is 2. The lowest BCUT2D eigenvalue weighted by molar-refractivity contribution is -0.141. The molecule has 0 aliphatic carbocycles. The maximum atomic E-state index is 12.6. The Morgan fingerprint density at radius 3 is 2.47 bits per heavy atom. The molecule has 0 unspecified atom stereocenters. The Labute approximate surface area is 249 Å². The van der Waals surface area contributed by atoms with E-state index >= 15 is 0 Å². The zero-order valence-corrected chi connectivity index (χ0v) is 25.3. The molecule has 1 aliphatic rings. The van der Waals surface area contributed by atoms with E-state index in [2.05, 4.69) is 15.0 Å². The summed E-state index contributed by atoms with van der Waals surface area (Å²) in [4.78, 5) is 38.7. The molecule has 43 heavy (non-hydrogen) atoms. The molecular weight excluding hydrogens is 563 g/mol. The fourth-order valence-electron chi connectivity index (χ4n) is 5.06. The molecule has 0 spiro atoms. The third-order valence-corrected chi connectivity index (χ3v) is 7.33. The predicted molar refractivity (Wildman–Crippen MR) is 156 cm³/mol. The van der Waals surface area contributed by atoms with Crippen LogP contribution in [0.5, 0.6) is 0 Å². The van der Waals surface area contributed by atoms with Gasteiger partial charge in [-0.25, -0.2) is 9.78 Å². The standard InChI is InChI=1S/C31H40F3N5O4/c1-19(2)24(28(40)38-18-31(32,33)34)11-20-10-22(15-35-13-20)26-16-37-27-25(26)12-21(14-36-27)17-42-23-6-8-39(9-7-23)29(41)43-30(3,4)5/h10,12-16,19,23-24H,6-9,11,17-18H2,1-5H3,(H,36,37)(H,38,40)/t24-/m1/s1. The van der Waals surface area contributed by atoms with E-state index in [4.69, 9.17) is 9.47 Å². The number of aromatic amines is 1. The summed E-state index contributed by atoms with van der Waals surface area (Å²) in [6.07, 6.45) is 3.89. The first-order valence-electron chi connectivity index (χ1n) is 14.5. The van der Waals surface area contributed by atoms with Crippen LogP contribution in [0.25, 0.3) is 22.2 Å². The lowest BCUT2D eigenvalue weighted by Crippen LogP contribution is -2.43. The predicted octanol–water partition coefficient (Wildman–Crippen LogP) is 6.03. The van der Waals surface area contributed by atoms with Gasteiger partial charge < -0.3 is 24.7 Å². The molecule has 0 bridgehead atoms. The number of carbonyl (C=O) groups excluding carboxylic acids is 2. The molecule has 2 amide bonds. The number of rotatable bonds is 9. The molecule has 3 aromatic rings. The second kappa shape index (κ2) is 13.3. The second-order valence-electron chi connectivity index (χ2n) is 12.4. The van der Waals surface area contributed by atoms with Gasteiger partial charge in [0.2, 0.25) is 5.91 Å². The average Bonchev–Trinajstić information content (AvgIpc) is 3.36. The number of alkyl halides is 3. The van der Waals surface area contributed by atoms with Gasteiger partial charge in [-0.2, -0.15) is 13.2 Å². The lowest BCUT2D eigenvalue weighted by Gasteiger charge is -2.33. The van der Waals surface area contributed by atoms with E-state index in [9.17, 15) is 22.8 Å². The number of likely N-dealkylation sites (tertiary alicyclic amines) is 1. The van der Waals surface area contributed by atoms with Crippen LogP contribution < -0.4 is 5.32 Å². The number of hydrogen-bond acceptors (Lipinski definition) is 6. The maximum absolute atomic E-state index is 12.6. The first-order valence-corrected chi connectivity index (χ1v) is 14.5. The fourth-order valence-corrected chi connectivity index (χ4v) is 5.06. The largest absolute Gasteiger partial charge is 0.444 e. The Kier molecular flexibility index (Phi) is 9.99. The average molecular weight is 604 g/mol. The summed E-state index contributed by atoms with van der Waals surface area (Å²) >= 11 is 0. The summed E-state index contributed by atoms with van der Waals surface area (Å²) in [6.45, 7) is 9.34. The third kappa shape index (κ3) is 9.16. The number of fused-ring (bicyclic) bond motifs is 1. The van der Waals surface area contributed by atoms with Crippen LogP contribution in [-0.4, -0.2) is 69.4 Å². The van der Waals surface area contributed by atoms with E-state index in [1.165, 1.54) is 0 Å². The zero-order chi connectivity index (χ0) is 31.4. The van der Waals surface area contributed by atoms with Crippen molar-refractivity contribution in [2.24, 2.45) is 11.8 Å². The third-order valence-electron chi connectivity index (χ3n) is 7.33. The Balaban J connectivity index is 1.40. The fraction of sp³-hybridized carbons (Fsp3) is 0.548. The van der Waals surface area contributed by atoms with Crippen molar-refractivity contribution in [1.82, 2.24) is 25.2 Å². The molecule has 1 aliphatic heterocycles. The minimum Gasteiger partial charge on any atom is -0.444 e. The topological polar surface area (TPSA) is 109 Å². The number of carbonyl (C=O) groups is 2. The number of nitrogens with zero attached hydrogens (tertiary/aromatic N) is 3. The van der Waals surface area contributed by atoms with E-state index in [0.29, 0.717) is 38.2 Å². The molecule has 0 aromatic carbocycles. The van der Waals surface area contributed by atoms with Crippen LogP contribution in [0.1, 0.15) is 58.6 Å². The molecule has 4 heterocycles. The number of H-pyrrole nitrogens is 1. The van der Waals surface area contributed by atoms with Gasteiger partial charge in [0.1, 0.15) is 17.8 Å². The van der Waals surface area contributed by atoms with Gasteiger partial charge >= 0.3 is 12.3 Å². The molecule has 2 N–H and O–H groups in total. The quantitative estimate of drug-likeness (QED) is 0.309. The Hall–Kier alpha value is -3.67. The molecule has 0 saturated carbocycles. The van der Waals surface area contributed by atoms with E-state index in [1.807, 2.05) is 58.3 Å². The van der Waals surface area contributed by atoms with Crippen LogP contribution >= 0.6 is 0 Å². The highest BCUT2D eigenvalue weighted by molar-refractivity contribution is 5.93. The highest BCUT2D eigenvalue weighted by Gasteiger charge is 2.31. The molecule has 0 radical (unpaired) electrons. The number of piperidine rings is 1. The van der Waals surface area contributed by atoms with Crippen molar-refractivity contribution in [2.45, 2.75) is 78.4 Å². The van der Waals surface area contributed by atoms with Crippen LogP contribution in [0.15, 0.2) is 36.9 Å². The first-order chi connectivity index (χ1) is 20.2. The maximum Gasteiger partial charge on any atom is 0.410 e. The number of amides is 2. The van der Waals surface area contributed by atoms with E-state index in [0.717, 1.165) is 27.6 Å². The highest BCUT2D eigenvalue weighted by Crippen LogP contribution is 2.30. The summed E-state index contributed by atoms with van der Waals surface area (Å²) in [5.41, 5.74) is 3.48. The number of nitrogens with one attached hydrogen (secondary N) is 2. The van der Waals surface area contributed by atoms with Gasteiger partial charge in [0, 0.05) is 60.3 Å². The Bertz CT molecular complexity index is 1410. The van der Waals surface area contributed by atoms with Crippen LogP contribution in [0, 0.1) is 11.8 Å². The zero-order valence-electron chi connectivity index (χ0n) is 25.3. The summed E-state index contributed by atoms with van der Waals surface area (Å²) in [6, 6.07) is 3.92. The minimum atomic E-state index is -4.47. The van der Waals surface area contributed by atoms with Crippen molar-refractivity contribution >= 4 is 23.0 Å². The van der Waals surface area contributed by atoms with Gasteiger partial charge in [0.15, 0.2) is 0 Å². The molecule has 1 atom stereocenters. The number of halogens is 3. The Morgan fingerprint density at radius 2 is 1.81 bits per heavy atom. The molecule has 1 saturated heterocycles. The summed E-state index contributed by atoms with van der Waals surface area (Å²) < 4.78 is 49.6. The van der Waals surface area contributed by atoms with Gasteiger partial charge in [-0.3, -0.25) is 9.78 Å². The Morgan fingerprint density at radius 1 is 1.09 bits per heavy atom. The van der Waals surface area contributed by atoms with Gasteiger partial charge in [-0.05, 0) is 69.2 Å². The van der Waals surface area contributed by atoms with Gasteiger partial charge in [-0.15, -0.1) is 0 Å². The van der Waals surface area contributed by atoms with E-state index in [1.54, 1.807) is 23.5 Å². The molecular formula is C31H40F3N5O4. The normalized spacial score (nSPS) is 15.6. The van der Waals surface area contributed by atoms with Crippen LogP contribution in [0.3, 0.4) is 0 Å². The molecule has 3 aromatic heterocycles. The van der Waals surface area contributed by atoms with Crippen LogP contribution in [0.2, 0.25) is 0 Å². The second-order valence-corrected chi connectivity index (χ2v) is 12.4. The minimum absolute atomic E-state index is 0.0168. The summed E-state index contributed by atoms with van der Waals surface area (Å²) in [7, 11) is 0. The molecule has 234 valence electrons. The van der Waals surface area contributed by atoms with E-state index in [-0.39, 0.29) is 24.5 Å². The molecule has 9 nitrogen and oxygen atoms in total. The summed E-state index contributed by atoms with van der Waals surface area (Å²) in [5.74, 6) is -1.43. The first kappa shape index (κ1) is 32.2. The van der Waals surface area contributed by atoms with Crippen molar-refractivity contribution in [3.63, 3.8) is 0 Å². The molecule has 4 rings (SSSR count). The van der Waals surface area contributed by atoms with E-state index < -0.39 is 30.1 Å². The van der Waals surface area contributed by atoms with Crippen LogP contribution in [-0.2, 0) is 27.3 Å². The number of aromatic nitrogens is 3. The van der Waals surface area contributed by atoms with Crippen molar-refractivity contribution in [1.29, 1.82) is 0 Å². The molecule has 12 heteroatoms. The monoisotopic (exact) mass is 603 g/mol. The highest BCUT2D eigenvalue weighted by atomic mass is 19.4. The smallest absolute Gasteiger partial charge is 0.410 e. The van der Waals surface area contributed by atoms with Gasteiger partial charge in [-0.1, -0.05) is 13.8 Å². The van der Waals surface area contributed by atoms with Crippen molar-refractivity contribution in [3.8, 4) is 11.1 Å². The van der Waals surface area contributed by atoms with Crippen LogP contribution in [0.4, 0.5) is 18.0 Å². The van der Waals surface area contributed by atoms with Gasteiger partial charge in [0.25, 0.3) is 0 Å². The SMILES string of the molecule is CC(C)[C@@H](Cc1cncc(-c2c[nH]c3ncc(COC4CCN(C(=O)OC(C)(C)C)CC4)cc23)c1)C(=O)NCC(F)(F)F.